The third-order valence-corrected chi connectivity index (χ3v) is 4.38. The van der Waals surface area contributed by atoms with Gasteiger partial charge >= 0.3 is 0 Å². The number of benzene rings is 1. The maximum Gasteiger partial charge on any atom is 0.223 e. The van der Waals surface area contributed by atoms with Crippen LogP contribution in [0.1, 0.15) is 33.1 Å². The molecule has 1 amide bonds. The zero-order valence-electron chi connectivity index (χ0n) is 13.8. The van der Waals surface area contributed by atoms with Gasteiger partial charge in [-0.3, -0.25) is 9.69 Å². The third-order valence-electron chi connectivity index (χ3n) is 4.38. The second kappa shape index (κ2) is 8.79. The van der Waals surface area contributed by atoms with Crippen molar-refractivity contribution in [1.29, 1.82) is 0 Å². The first-order valence-corrected chi connectivity index (χ1v) is 8.33. The van der Waals surface area contributed by atoms with Gasteiger partial charge in [-0.1, -0.05) is 25.1 Å². The van der Waals surface area contributed by atoms with Gasteiger partial charge in [-0.15, -0.1) is 0 Å². The van der Waals surface area contributed by atoms with Crippen LogP contribution in [0, 0.1) is 5.92 Å². The molecule has 1 atom stereocenters. The van der Waals surface area contributed by atoms with Gasteiger partial charge < -0.3 is 10.1 Å². The molecule has 1 aromatic carbocycles. The number of piperidine rings is 1. The molecule has 2 rings (SSSR count). The Labute approximate surface area is 133 Å². The smallest absolute Gasteiger partial charge is 0.223 e. The van der Waals surface area contributed by atoms with E-state index in [0.29, 0.717) is 19.1 Å². The molecule has 1 aliphatic heterocycles. The summed E-state index contributed by atoms with van der Waals surface area (Å²) in [5.74, 6) is 1.72. The lowest BCUT2D eigenvalue weighted by Crippen LogP contribution is -2.45. The number of rotatable bonds is 7. The fraction of sp³-hybridized carbons (Fsp3) is 0.611. The SMILES string of the molecule is CC1CCN(C(C)CNC(=O)CCOc2ccccc2)CC1. The Bertz CT molecular complexity index is 442. The number of para-hydroxylation sites is 1. The first kappa shape index (κ1) is 16.8. The van der Waals surface area contributed by atoms with E-state index in [-0.39, 0.29) is 5.91 Å². The highest BCUT2D eigenvalue weighted by Crippen LogP contribution is 2.17. The van der Waals surface area contributed by atoms with E-state index >= 15 is 0 Å². The number of nitrogens with zero attached hydrogens (tertiary/aromatic N) is 1. The zero-order valence-corrected chi connectivity index (χ0v) is 13.8. The maximum atomic E-state index is 11.9. The Morgan fingerprint density at radius 3 is 2.68 bits per heavy atom. The molecule has 1 aliphatic rings. The van der Waals surface area contributed by atoms with Crippen LogP contribution in [-0.4, -0.2) is 43.1 Å². The van der Waals surface area contributed by atoms with Crippen LogP contribution in [0.3, 0.4) is 0 Å². The molecule has 4 nitrogen and oxygen atoms in total. The van der Waals surface area contributed by atoms with Crippen molar-refractivity contribution >= 4 is 5.91 Å². The minimum atomic E-state index is 0.0631. The van der Waals surface area contributed by atoms with Gasteiger partial charge in [0, 0.05) is 12.6 Å². The van der Waals surface area contributed by atoms with E-state index in [1.165, 1.54) is 12.8 Å². The Hall–Kier alpha value is -1.55. The van der Waals surface area contributed by atoms with E-state index in [0.717, 1.165) is 31.3 Å². The van der Waals surface area contributed by atoms with Gasteiger partial charge in [0.25, 0.3) is 0 Å². The molecule has 0 aliphatic carbocycles. The van der Waals surface area contributed by atoms with Gasteiger partial charge in [0.15, 0.2) is 0 Å². The van der Waals surface area contributed by atoms with Crippen LogP contribution >= 0.6 is 0 Å². The average Bonchev–Trinajstić information content (AvgIpc) is 2.54. The predicted octanol–water partition coefficient (Wildman–Crippen LogP) is 2.69. The van der Waals surface area contributed by atoms with Gasteiger partial charge in [0.1, 0.15) is 5.75 Å². The fourth-order valence-electron chi connectivity index (χ4n) is 2.73. The van der Waals surface area contributed by atoms with Crippen LogP contribution in [0.4, 0.5) is 0 Å². The molecule has 1 fully saturated rings. The number of hydrogen-bond donors (Lipinski definition) is 1. The van der Waals surface area contributed by atoms with E-state index in [1.807, 2.05) is 30.3 Å². The largest absolute Gasteiger partial charge is 0.493 e. The summed E-state index contributed by atoms with van der Waals surface area (Å²) in [6.07, 6.45) is 2.94. The normalized spacial score (nSPS) is 17.9. The number of carbonyl (C=O) groups is 1. The quantitative estimate of drug-likeness (QED) is 0.842. The topological polar surface area (TPSA) is 41.6 Å². The minimum absolute atomic E-state index is 0.0631. The second-order valence-corrected chi connectivity index (χ2v) is 6.28. The second-order valence-electron chi connectivity index (χ2n) is 6.28. The van der Waals surface area contributed by atoms with Crippen molar-refractivity contribution in [2.45, 2.75) is 39.2 Å². The van der Waals surface area contributed by atoms with E-state index < -0.39 is 0 Å². The summed E-state index contributed by atoms with van der Waals surface area (Å²) in [5.41, 5.74) is 0. The van der Waals surface area contributed by atoms with Crippen molar-refractivity contribution in [3.8, 4) is 5.75 Å². The van der Waals surface area contributed by atoms with Crippen LogP contribution in [0.2, 0.25) is 0 Å². The zero-order chi connectivity index (χ0) is 15.8. The van der Waals surface area contributed by atoms with Gasteiger partial charge in [-0.25, -0.2) is 0 Å². The molecule has 1 heterocycles. The Morgan fingerprint density at radius 1 is 1.32 bits per heavy atom. The van der Waals surface area contributed by atoms with Crippen LogP contribution < -0.4 is 10.1 Å². The van der Waals surface area contributed by atoms with Crippen LogP contribution in [0.25, 0.3) is 0 Å². The summed E-state index contributed by atoms with van der Waals surface area (Å²) in [6, 6.07) is 10.0. The lowest BCUT2D eigenvalue weighted by molar-refractivity contribution is -0.121. The van der Waals surface area contributed by atoms with Gasteiger partial charge in [-0.05, 0) is 50.9 Å². The van der Waals surface area contributed by atoms with E-state index in [9.17, 15) is 4.79 Å². The molecular formula is C18H28N2O2. The molecule has 1 unspecified atom stereocenters. The molecule has 1 aromatic rings. The van der Waals surface area contributed by atoms with Crippen molar-refractivity contribution in [2.75, 3.05) is 26.2 Å². The monoisotopic (exact) mass is 304 g/mol. The van der Waals surface area contributed by atoms with Gasteiger partial charge in [0.05, 0.1) is 13.0 Å². The molecule has 0 bridgehead atoms. The highest BCUT2D eigenvalue weighted by atomic mass is 16.5. The number of likely N-dealkylation sites (tertiary alicyclic amines) is 1. The summed E-state index contributed by atoms with van der Waals surface area (Å²) < 4.78 is 5.54. The number of amides is 1. The molecule has 1 N–H and O–H groups in total. The number of ether oxygens (including phenoxy) is 1. The van der Waals surface area contributed by atoms with E-state index in [4.69, 9.17) is 4.74 Å². The number of nitrogens with one attached hydrogen (secondary N) is 1. The Kier molecular flexibility index (Phi) is 6.72. The Morgan fingerprint density at radius 2 is 2.00 bits per heavy atom. The summed E-state index contributed by atoms with van der Waals surface area (Å²) in [5, 5.41) is 3.02. The van der Waals surface area contributed by atoms with Crippen molar-refractivity contribution < 1.29 is 9.53 Å². The highest BCUT2D eigenvalue weighted by molar-refractivity contribution is 5.76. The predicted molar refractivity (Wildman–Crippen MR) is 89.0 cm³/mol. The lowest BCUT2D eigenvalue weighted by atomic mass is 9.98. The first-order valence-electron chi connectivity index (χ1n) is 8.33. The summed E-state index contributed by atoms with van der Waals surface area (Å²) in [6.45, 7) is 7.95. The summed E-state index contributed by atoms with van der Waals surface area (Å²) >= 11 is 0. The molecule has 0 radical (unpaired) electrons. The fourth-order valence-corrected chi connectivity index (χ4v) is 2.73. The molecule has 4 heteroatoms. The third kappa shape index (κ3) is 5.68. The maximum absolute atomic E-state index is 11.9. The van der Waals surface area contributed by atoms with Crippen molar-refractivity contribution in [1.82, 2.24) is 10.2 Å². The van der Waals surface area contributed by atoms with Gasteiger partial charge in [0.2, 0.25) is 5.91 Å². The highest BCUT2D eigenvalue weighted by Gasteiger charge is 2.20. The van der Waals surface area contributed by atoms with Crippen molar-refractivity contribution in [3.05, 3.63) is 30.3 Å². The molecule has 22 heavy (non-hydrogen) atoms. The standard InChI is InChI=1S/C18H28N2O2/c1-15-8-11-20(12-9-15)16(2)14-19-18(21)10-13-22-17-6-4-3-5-7-17/h3-7,15-16H,8-14H2,1-2H3,(H,19,21). The number of hydrogen-bond acceptors (Lipinski definition) is 3. The summed E-state index contributed by atoms with van der Waals surface area (Å²) in [7, 11) is 0. The van der Waals surface area contributed by atoms with Crippen LogP contribution in [-0.2, 0) is 4.79 Å². The van der Waals surface area contributed by atoms with E-state index in [1.54, 1.807) is 0 Å². The van der Waals surface area contributed by atoms with Crippen molar-refractivity contribution in [2.24, 2.45) is 5.92 Å². The molecule has 1 saturated heterocycles. The Balaban J connectivity index is 1.59. The average molecular weight is 304 g/mol. The minimum Gasteiger partial charge on any atom is -0.493 e. The van der Waals surface area contributed by atoms with Crippen LogP contribution in [0.5, 0.6) is 5.75 Å². The molecular weight excluding hydrogens is 276 g/mol. The van der Waals surface area contributed by atoms with Crippen molar-refractivity contribution in [3.63, 3.8) is 0 Å². The van der Waals surface area contributed by atoms with Crippen LogP contribution in [0.15, 0.2) is 30.3 Å². The molecule has 0 saturated carbocycles. The number of carbonyl (C=O) groups excluding carboxylic acids is 1. The van der Waals surface area contributed by atoms with E-state index in [2.05, 4.69) is 24.1 Å². The molecule has 0 aromatic heterocycles. The molecule has 0 spiro atoms. The molecule has 122 valence electrons. The van der Waals surface area contributed by atoms with Gasteiger partial charge in [-0.2, -0.15) is 0 Å². The first-order chi connectivity index (χ1) is 10.6. The summed E-state index contributed by atoms with van der Waals surface area (Å²) in [4.78, 5) is 14.3. The lowest BCUT2D eigenvalue weighted by Gasteiger charge is -2.35.